The average Bonchev–Trinajstić information content (AvgIpc) is 2.41. The van der Waals surface area contributed by atoms with Crippen LogP contribution in [-0.2, 0) is 0 Å². The molecule has 0 spiro atoms. The highest BCUT2D eigenvalue weighted by Gasteiger charge is 2.42. The molecule has 2 nitrogen and oxygen atoms in total. The summed E-state index contributed by atoms with van der Waals surface area (Å²) in [6.45, 7) is -0.301. The van der Waals surface area contributed by atoms with E-state index in [9.17, 15) is 26.7 Å². The van der Waals surface area contributed by atoms with Crippen LogP contribution in [0.25, 0.3) is 0 Å². The van der Waals surface area contributed by atoms with Crippen molar-refractivity contribution in [3.8, 4) is 0 Å². The quantitative estimate of drug-likeness (QED) is 0.536. The third kappa shape index (κ3) is 3.53. The molecule has 0 bridgehead atoms. The average molecular weight is 372 g/mol. The van der Waals surface area contributed by atoms with Crippen LogP contribution in [0, 0.1) is 17.6 Å². The molecule has 0 saturated carbocycles. The number of likely N-dealkylation sites (tertiary alicyclic amines) is 1. The zero-order chi connectivity index (χ0) is 15.8. The van der Waals surface area contributed by atoms with E-state index in [-0.39, 0.29) is 29.4 Å². The van der Waals surface area contributed by atoms with E-state index in [4.69, 9.17) is 0 Å². The number of hydrogen-bond donors (Lipinski definition) is 0. The third-order valence-corrected chi connectivity index (χ3v) is 4.07. The molecule has 0 aliphatic carbocycles. The van der Waals surface area contributed by atoms with Crippen LogP contribution in [0.15, 0.2) is 16.6 Å². The first-order valence-electron chi connectivity index (χ1n) is 6.20. The van der Waals surface area contributed by atoms with E-state index in [1.165, 1.54) is 0 Å². The summed E-state index contributed by atoms with van der Waals surface area (Å²) in [5, 5.41) is 0. The Labute approximate surface area is 126 Å². The Balaban J connectivity index is 2.22. The van der Waals surface area contributed by atoms with E-state index >= 15 is 0 Å². The molecule has 1 aromatic rings. The number of alkyl halides is 3. The lowest BCUT2D eigenvalue weighted by Crippen LogP contribution is -2.44. The van der Waals surface area contributed by atoms with Crippen molar-refractivity contribution >= 4 is 21.8 Å². The number of benzene rings is 1. The van der Waals surface area contributed by atoms with Gasteiger partial charge in [-0.2, -0.15) is 13.2 Å². The Bertz CT molecular complexity index is 560. The van der Waals surface area contributed by atoms with Gasteiger partial charge in [0.15, 0.2) is 11.6 Å². The first-order valence-corrected chi connectivity index (χ1v) is 7.00. The molecule has 1 unspecified atom stereocenters. The summed E-state index contributed by atoms with van der Waals surface area (Å²) in [6.07, 6.45) is -4.19. The zero-order valence-electron chi connectivity index (χ0n) is 10.7. The highest BCUT2D eigenvalue weighted by atomic mass is 79.9. The van der Waals surface area contributed by atoms with E-state index in [1.54, 1.807) is 0 Å². The van der Waals surface area contributed by atoms with E-state index in [0.717, 1.165) is 11.0 Å². The highest BCUT2D eigenvalue weighted by molar-refractivity contribution is 9.10. The summed E-state index contributed by atoms with van der Waals surface area (Å²) < 4.78 is 64.4. The van der Waals surface area contributed by atoms with Gasteiger partial charge in [-0.05, 0) is 40.9 Å². The Morgan fingerprint density at radius 3 is 2.48 bits per heavy atom. The molecule has 0 radical (unpaired) electrons. The van der Waals surface area contributed by atoms with Crippen molar-refractivity contribution < 1.29 is 26.7 Å². The largest absolute Gasteiger partial charge is 0.393 e. The van der Waals surface area contributed by atoms with Gasteiger partial charge in [-0.1, -0.05) is 0 Å². The van der Waals surface area contributed by atoms with E-state index in [1.807, 2.05) is 0 Å². The molecule has 1 fully saturated rings. The smallest absolute Gasteiger partial charge is 0.338 e. The fourth-order valence-electron chi connectivity index (χ4n) is 2.29. The second-order valence-electron chi connectivity index (χ2n) is 4.88. The minimum atomic E-state index is -4.37. The van der Waals surface area contributed by atoms with Crippen molar-refractivity contribution in [2.24, 2.45) is 5.92 Å². The Hall–Kier alpha value is -1.18. The normalized spacial score (nSPS) is 19.7. The van der Waals surface area contributed by atoms with Gasteiger partial charge in [0.1, 0.15) is 0 Å². The van der Waals surface area contributed by atoms with Gasteiger partial charge < -0.3 is 4.90 Å². The lowest BCUT2D eigenvalue weighted by atomic mass is 9.97. The molecule has 1 aliphatic heterocycles. The van der Waals surface area contributed by atoms with Gasteiger partial charge in [-0.25, -0.2) is 8.78 Å². The van der Waals surface area contributed by atoms with Crippen molar-refractivity contribution in [1.29, 1.82) is 0 Å². The molecule has 1 aromatic carbocycles. The fraction of sp³-hybridized carbons (Fsp3) is 0.462. The molecule has 8 heteroatoms. The SMILES string of the molecule is O=C(c1cc(F)c(F)cc1Br)N1CCCC(C(F)(F)F)C1. The minimum absolute atomic E-state index is 0.0144. The number of amides is 1. The second-order valence-corrected chi connectivity index (χ2v) is 5.73. The molecule has 2 rings (SSSR count). The summed E-state index contributed by atoms with van der Waals surface area (Å²) in [6, 6.07) is 1.48. The van der Waals surface area contributed by atoms with Crippen molar-refractivity contribution in [1.82, 2.24) is 4.90 Å². The van der Waals surface area contributed by atoms with Crippen molar-refractivity contribution in [3.05, 3.63) is 33.8 Å². The van der Waals surface area contributed by atoms with Crippen LogP contribution in [0.1, 0.15) is 23.2 Å². The standard InChI is InChI=1S/C13H11BrF5NO/c14-9-5-11(16)10(15)4-8(9)12(21)20-3-1-2-7(6-20)13(17,18)19/h4-5,7H,1-3,6H2. The van der Waals surface area contributed by atoms with Crippen LogP contribution < -0.4 is 0 Å². The van der Waals surface area contributed by atoms with Gasteiger partial charge in [-0.15, -0.1) is 0 Å². The molecule has 1 heterocycles. The molecule has 1 aliphatic rings. The van der Waals surface area contributed by atoms with Gasteiger partial charge in [0.25, 0.3) is 5.91 Å². The summed E-state index contributed by atoms with van der Waals surface area (Å²) >= 11 is 2.93. The van der Waals surface area contributed by atoms with E-state index in [2.05, 4.69) is 15.9 Å². The highest BCUT2D eigenvalue weighted by Crippen LogP contribution is 2.34. The molecule has 0 aromatic heterocycles. The van der Waals surface area contributed by atoms with E-state index < -0.39 is 36.2 Å². The molecular weight excluding hydrogens is 361 g/mol. The second kappa shape index (κ2) is 5.90. The topological polar surface area (TPSA) is 20.3 Å². The third-order valence-electron chi connectivity index (χ3n) is 3.41. The van der Waals surface area contributed by atoms with Gasteiger partial charge >= 0.3 is 6.18 Å². The van der Waals surface area contributed by atoms with Crippen LogP contribution in [0.5, 0.6) is 0 Å². The number of carbonyl (C=O) groups is 1. The van der Waals surface area contributed by atoms with Crippen LogP contribution in [0.3, 0.4) is 0 Å². The molecule has 1 atom stereocenters. The van der Waals surface area contributed by atoms with Crippen molar-refractivity contribution in [2.75, 3.05) is 13.1 Å². The summed E-state index contributed by atoms with van der Waals surface area (Å²) in [4.78, 5) is 13.2. The number of piperidine rings is 1. The van der Waals surface area contributed by atoms with Gasteiger partial charge in [0.05, 0.1) is 11.5 Å². The molecule has 116 valence electrons. The Morgan fingerprint density at radius 2 is 1.86 bits per heavy atom. The maximum atomic E-state index is 13.2. The molecule has 1 amide bonds. The summed E-state index contributed by atoms with van der Waals surface area (Å²) in [7, 11) is 0. The summed E-state index contributed by atoms with van der Waals surface area (Å²) in [5.74, 6) is -4.68. The van der Waals surface area contributed by atoms with Crippen LogP contribution in [-0.4, -0.2) is 30.1 Å². The molecule has 1 saturated heterocycles. The maximum Gasteiger partial charge on any atom is 0.393 e. The van der Waals surface area contributed by atoms with Crippen LogP contribution in [0.2, 0.25) is 0 Å². The molecule has 0 N–H and O–H groups in total. The zero-order valence-corrected chi connectivity index (χ0v) is 12.3. The number of hydrogen-bond acceptors (Lipinski definition) is 1. The van der Waals surface area contributed by atoms with Crippen LogP contribution in [0.4, 0.5) is 22.0 Å². The van der Waals surface area contributed by atoms with E-state index in [0.29, 0.717) is 6.07 Å². The predicted octanol–water partition coefficient (Wildman–Crippen LogP) is 4.14. The summed E-state index contributed by atoms with van der Waals surface area (Å²) in [5.41, 5.74) is -0.184. The van der Waals surface area contributed by atoms with Crippen molar-refractivity contribution in [3.63, 3.8) is 0 Å². The van der Waals surface area contributed by atoms with Crippen LogP contribution >= 0.6 is 15.9 Å². The first-order chi connectivity index (χ1) is 9.70. The first kappa shape index (κ1) is 16.2. The minimum Gasteiger partial charge on any atom is -0.338 e. The monoisotopic (exact) mass is 371 g/mol. The Kier molecular flexibility index (Phi) is 4.55. The Morgan fingerprint density at radius 1 is 1.24 bits per heavy atom. The van der Waals surface area contributed by atoms with Crippen molar-refractivity contribution in [2.45, 2.75) is 19.0 Å². The molecular formula is C13H11BrF5NO. The predicted molar refractivity (Wildman–Crippen MR) is 68.7 cm³/mol. The molecule has 21 heavy (non-hydrogen) atoms. The van der Waals surface area contributed by atoms with Gasteiger partial charge in [0, 0.05) is 17.6 Å². The van der Waals surface area contributed by atoms with Gasteiger partial charge in [0.2, 0.25) is 0 Å². The lowest BCUT2D eigenvalue weighted by Gasteiger charge is -2.34. The fourth-order valence-corrected chi connectivity index (χ4v) is 2.77. The maximum absolute atomic E-state index is 13.2. The number of rotatable bonds is 1. The number of carbonyl (C=O) groups excluding carboxylic acids is 1. The van der Waals surface area contributed by atoms with Gasteiger partial charge in [-0.3, -0.25) is 4.79 Å². The lowest BCUT2D eigenvalue weighted by molar-refractivity contribution is -0.184. The number of halogens is 6. The number of nitrogens with zero attached hydrogens (tertiary/aromatic N) is 1.